The van der Waals surface area contributed by atoms with Crippen LogP contribution in [0.4, 0.5) is 0 Å². The first-order valence-electron chi connectivity index (χ1n) is 35.0. The van der Waals surface area contributed by atoms with Gasteiger partial charge in [-0.15, -0.1) is 0 Å². The van der Waals surface area contributed by atoms with Crippen molar-refractivity contribution in [3.63, 3.8) is 0 Å². The molecule has 488 valence electrons. The molecule has 0 radical (unpaired) electrons. The molecule has 0 amide bonds. The molecule has 0 aliphatic carbocycles. The molecule has 0 N–H and O–H groups in total. The highest BCUT2D eigenvalue weighted by Crippen LogP contribution is 2.23. The van der Waals surface area contributed by atoms with Gasteiger partial charge in [0.05, 0.1) is 0 Å². The van der Waals surface area contributed by atoms with Gasteiger partial charge in [0.25, 0.3) is 0 Å². The van der Waals surface area contributed by atoms with Gasteiger partial charge in [0.1, 0.15) is 0 Å². The van der Waals surface area contributed by atoms with E-state index in [0.717, 1.165) is 151 Å². The quantitative estimate of drug-likeness (QED) is 0.142. The summed E-state index contributed by atoms with van der Waals surface area (Å²) in [4.78, 5) is 0. The fourth-order valence-electron chi connectivity index (χ4n) is 11.8. The molecule has 0 heteroatoms. The Labute approximate surface area is 631 Å². The first kappa shape index (κ1) is 67.6. The lowest BCUT2D eigenvalue weighted by Gasteiger charge is -1.96. The summed E-state index contributed by atoms with van der Waals surface area (Å²) in [5.74, 6) is 0. The van der Waals surface area contributed by atoms with Crippen molar-refractivity contribution in [2.75, 3.05) is 0 Å². The van der Waals surface area contributed by atoms with Gasteiger partial charge in [-0.1, -0.05) is 279 Å². The lowest BCUT2D eigenvalue weighted by molar-refractivity contribution is 1.79. The predicted molar refractivity (Wildman–Crippen MR) is 446 cm³/mol. The van der Waals surface area contributed by atoms with Crippen molar-refractivity contribution in [2.24, 2.45) is 0 Å². The lowest BCUT2D eigenvalue weighted by atomic mass is 10.1. The van der Waals surface area contributed by atoms with E-state index < -0.39 is 0 Å². The molecule has 0 spiro atoms. The van der Waals surface area contributed by atoms with E-state index in [1.165, 1.54) is 0 Å². The van der Waals surface area contributed by atoms with E-state index in [1.807, 2.05) is 291 Å². The summed E-state index contributed by atoms with van der Waals surface area (Å²) in [5.41, 5.74) is 0. The summed E-state index contributed by atoms with van der Waals surface area (Å²) in [5, 5.41) is 24.7. The molecule has 15 aromatic carbocycles. The van der Waals surface area contributed by atoms with Crippen molar-refractivity contribution >= 4 is 151 Å². The maximum atomic E-state index is 3.47. The maximum absolute atomic E-state index is 3.47. The normalized spacial score (nSPS) is 9.70. The van der Waals surface area contributed by atoms with Crippen molar-refractivity contribution in [3.8, 4) is 0 Å². The van der Waals surface area contributed by atoms with Crippen LogP contribution >= 0.6 is 0 Å². The van der Waals surface area contributed by atoms with E-state index in [2.05, 4.69) is 194 Å². The van der Waals surface area contributed by atoms with E-state index in [9.17, 15) is 0 Å². The second-order valence-electron chi connectivity index (χ2n) is 25.0. The average Bonchev–Trinajstić information content (AvgIpc) is 0.818. The molecule has 0 saturated carbocycles. The Morgan fingerprint density at radius 1 is 0.0926 bits per heavy atom. The second-order valence-corrected chi connectivity index (χ2v) is 25.0. The highest BCUT2D eigenvalue weighted by atomic mass is 14.0. The topological polar surface area (TPSA) is 0 Å². The summed E-state index contributed by atoms with van der Waals surface area (Å²) in [6, 6.07) is 194. The van der Waals surface area contributed by atoms with Crippen molar-refractivity contribution in [2.45, 2.75) is 0 Å². The molecule has 0 aromatic heterocycles. The Morgan fingerprint density at radius 2 is 0.194 bits per heavy atom. The summed E-state index contributed by atoms with van der Waals surface area (Å²) < 4.78 is 0. The molecule has 0 fully saturated rings. The number of benzene rings is 14. The average molecular weight is 1350 g/mol. The molecule has 0 nitrogen and oxygen atoms in total. The van der Waals surface area contributed by atoms with Crippen molar-refractivity contribution in [1.82, 2.24) is 0 Å². The van der Waals surface area contributed by atoms with Crippen molar-refractivity contribution in [3.05, 3.63) is 485 Å². The van der Waals surface area contributed by atoms with Crippen LogP contribution in [0.2, 0.25) is 0 Å². The Kier molecular flexibility index (Phi) is 21.0. The van der Waals surface area contributed by atoms with Gasteiger partial charge in [-0.2, -0.15) is 0 Å². The van der Waals surface area contributed by atoms with Crippen LogP contribution in [0.15, 0.2) is 340 Å². The minimum absolute atomic E-state index is 0.856. The molecule has 20 bridgehead atoms. The van der Waals surface area contributed by atoms with Crippen LogP contribution in [-0.4, -0.2) is 0 Å². The Bertz CT molecular complexity index is 6030. The first-order valence-corrected chi connectivity index (χ1v) is 35.0. The van der Waals surface area contributed by atoms with Crippen LogP contribution in [0, 0.1) is 146 Å². The zero-order valence-electron chi connectivity index (χ0n) is 58.3. The first-order chi connectivity index (χ1) is 53.4. The third kappa shape index (κ3) is 18.5. The van der Waals surface area contributed by atoms with Gasteiger partial charge < -0.3 is 0 Å². The fraction of sp³-hybridized carbons (Fsp3) is 0. The molecule has 0 unspecified atom stereocenters. The van der Waals surface area contributed by atoms with Gasteiger partial charge in [0.2, 0.25) is 0 Å². The van der Waals surface area contributed by atoms with Crippen molar-refractivity contribution < 1.29 is 0 Å². The number of hydrogen-bond acceptors (Lipinski definition) is 0. The third-order valence-electron chi connectivity index (χ3n) is 17.1. The van der Waals surface area contributed by atoms with E-state index in [4.69, 9.17) is 0 Å². The fourth-order valence-corrected chi connectivity index (χ4v) is 11.8. The predicted octanol–water partition coefficient (Wildman–Crippen LogP) is 26.0. The van der Waals surface area contributed by atoms with Crippen LogP contribution in [-0.2, 0) is 0 Å². The van der Waals surface area contributed by atoms with Crippen LogP contribution in [0.5, 0.6) is 0 Å². The van der Waals surface area contributed by atoms with E-state index in [1.54, 1.807) is 0 Å². The van der Waals surface area contributed by atoms with Gasteiger partial charge in [-0.3, -0.25) is 0 Å². The third-order valence-corrected chi connectivity index (χ3v) is 17.1. The van der Waals surface area contributed by atoms with Gasteiger partial charge in [0.15, 0.2) is 0 Å². The zero-order chi connectivity index (χ0) is 72.7. The maximum Gasteiger partial charge on any atom is 0.0327 e. The molecular formula is C108H56. The molecule has 15 rings (SSSR count). The number of fused-ring (bicyclic) bond motifs is 26. The molecule has 108 heavy (non-hydrogen) atoms. The van der Waals surface area contributed by atoms with Gasteiger partial charge in [0, 0.05) is 129 Å². The molecule has 15 aromatic rings. The largest absolute Gasteiger partial charge is 0.0616 e. The Hall–Kier alpha value is -16.2. The second kappa shape index (κ2) is 33.5. The number of rotatable bonds is 0. The van der Waals surface area contributed by atoms with Gasteiger partial charge >= 0.3 is 0 Å². The zero-order valence-corrected chi connectivity index (χ0v) is 58.3. The molecule has 0 aliphatic heterocycles. The molecule has 0 aliphatic rings. The van der Waals surface area contributed by atoms with E-state index in [0.29, 0.717) is 0 Å². The summed E-state index contributed by atoms with van der Waals surface area (Å²) in [6.07, 6.45) is 0. The van der Waals surface area contributed by atoms with Gasteiger partial charge in [-0.05, 0) is 228 Å². The van der Waals surface area contributed by atoms with Crippen LogP contribution in [0.25, 0.3) is 151 Å². The summed E-state index contributed by atoms with van der Waals surface area (Å²) in [7, 11) is 0. The van der Waals surface area contributed by atoms with Gasteiger partial charge in [-0.25, -0.2) is 0 Å². The number of hydrogen-bond donors (Lipinski definition) is 0. The minimum atomic E-state index is 0.856. The van der Waals surface area contributed by atoms with Crippen LogP contribution < -0.4 is 0 Å². The highest BCUT2D eigenvalue weighted by Gasteiger charge is 1.98. The van der Waals surface area contributed by atoms with E-state index >= 15 is 0 Å². The molecule has 0 saturated heterocycles. The van der Waals surface area contributed by atoms with E-state index in [-0.39, 0.29) is 0 Å². The Balaban J connectivity index is 0.788. The van der Waals surface area contributed by atoms with Crippen molar-refractivity contribution in [1.29, 1.82) is 0 Å². The van der Waals surface area contributed by atoms with Crippen LogP contribution in [0.1, 0.15) is 0 Å². The smallest absolute Gasteiger partial charge is 0.0327 e. The standard InChI is InChI=1S/C108H56/c1-5-43-105-101(39-1)67-63-97-35-15-31-93(77-97)59-55-89-27-11-23-85(73-89)51-47-81-19-9-20-82(71-81)49-53-87-25-13-29-91(75-87)57-61-95-33-17-37-99(79-95)65-69-103-41-3-7-45-107(103)108-46-8-4-42-104(108)70-66-100-38-18-34-96(80-100)62-58-92-30-14-26-88(76-92)54-50-84-22-10-21-83(72-84)48-52-86-24-12-28-90(74-86)56-60-94-32-16-36-98(78-94)64-68-102-40-2-6-44-106(102)105/h1-46,71-80H. The molecule has 0 heterocycles. The van der Waals surface area contributed by atoms with Crippen LogP contribution in [0.3, 0.4) is 0 Å². The molecule has 0 atom stereocenters. The monoisotopic (exact) mass is 1350 g/mol. The highest BCUT2D eigenvalue weighted by molar-refractivity contribution is 6.05. The summed E-state index contributed by atoms with van der Waals surface area (Å²) >= 11 is 0. The minimum Gasteiger partial charge on any atom is -0.0616 e. The summed E-state index contributed by atoms with van der Waals surface area (Å²) in [6.45, 7) is 0. The molecular weight excluding hydrogens is 1300 g/mol. The lowest BCUT2D eigenvalue weighted by Crippen LogP contribution is -1.71. The Morgan fingerprint density at radius 3 is 0.315 bits per heavy atom. The SMILES string of the molecule is c1c2cccc(c#cc3cccc(c#cc4cccc(c#cc5ccccc5c5ccccc5c#cc5cccc(c#cc6cccc(c#cc7cccc(c#cc8cccc(c#cc9cccc(c#cc%10ccccc%10c%10ccccc%10c#cc%10cccc(c#cc%11cccc(c#1)c%11)c%10)c9)c8)c7)c6)c5)c4)c3)c2.